The minimum absolute atomic E-state index is 0. The van der Waals surface area contributed by atoms with Crippen LogP contribution in [-0.4, -0.2) is 28.5 Å². The van der Waals surface area contributed by atoms with Crippen molar-refractivity contribution in [1.29, 1.82) is 0 Å². The van der Waals surface area contributed by atoms with E-state index < -0.39 is 0 Å². The quantitative estimate of drug-likeness (QED) is 0.423. The fourth-order valence-corrected chi connectivity index (χ4v) is 0. The van der Waals surface area contributed by atoms with Crippen molar-refractivity contribution < 1.29 is 39.9 Å². The molecule has 0 heterocycles. The molecule has 1 nitrogen and oxygen atoms in total. The van der Waals surface area contributed by atoms with Crippen molar-refractivity contribution in [1.82, 2.24) is 0 Å². The smallest absolute Gasteiger partial charge is 0.870 e. The van der Waals surface area contributed by atoms with Gasteiger partial charge in [0.1, 0.15) is 0 Å². The molecule has 0 unspecified atom stereocenters. The molecule has 4 heteroatoms. The standard InChI is InChI=1S/Cr.Cu.Mg.H2O.H/h;;;1H2;/q;;+1;;/p-1. The predicted octanol–water partition coefficient (Wildman–Crippen LogP) is -0.830. The summed E-state index contributed by atoms with van der Waals surface area (Å²) in [4.78, 5) is 0. The Morgan fingerprint density at radius 1 is 1.00 bits per heavy atom. The van der Waals surface area contributed by atoms with Crippen LogP contribution in [0.3, 0.4) is 0 Å². The van der Waals surface area contributed by atoms with Crippen LogP contribution in [0.2, 0.25) is 0 Å². The van der Waals surface area contributed by atoms with Gasteiger partial charge in [-0.25, -0.2) is 0 Å². The molecule has 4 heavy (non-hydrogen) atoms. The molecule has 0 amide bonds. The molecule has 0 aromatic rings. The summed E-state index contributed by atoms with van der Waals surface area (Å²) in [6, 6.07) is 0. The summed E-state index contributed by atoms with van der Waals surface area (Å²) in [5.74, 6) is 0. The van der Waals surface area contributed by atoms with Gasteiger partial charge in [0.15, 0.2) is 0 Å². The molecule has 0 rings (SSSR count). The van der Waals surface area contributed by atoms with Crippen molar-refractivity contribution in [2.45, 2.75) is 0 Å². The maximum Gasteiger partial charge on any atom is -0.870 e. The number of rotatable bonds is 0. The molecule has 0 aliphatic heterocycles. The van der Waals surface area contributed by atoms with Crippen molar-refractivity contribution in [3.05, 3.63) is 0 Å². The van der Waals surface area contributed by atoms with Crippen molar-refractivity contribution in [2.24, 2.45) is 0 Å². The van der Waals surface area contributed by atoms with E-state index >= 15 is 0 Å². The first kappa shape index (κ1) is 41.7. The van der Waals surface area contributed by atoms with Gasteiger partial charge in [0.2, 0.25) is 0 Å². The van der Waals surface area contributed by atoms with Crippen molar-refractivity contribution in [2.75, 3.05) is 0 Å². The predicted molar refractivity (Wildman–Crippen MR) is 9.08 cm³/mol. The molecule has 0 saturated heterocycles. The van der Waals surface area contributed by atoms with Crippen LogP contribution in [0.1, 0.15) is 0 Å². The Kier molecular flexibility index (Phi) is 225. The Labute approximate surface area is 62.6 Å². The fourth-order valence-electron chi connectivity index (χ4n) is 0. The van der Waals surface area contributed by atoms with E-state index in [4.69, 9.17) is 0 Å². The Balaban J connectivity index is 0. The number of hydrogen-bond donors (Lipinski definition) is 0. The maximum atomic E-state index is 0. The van der Waals surface area contributed by atoms with Crippen LogP contribution in [0.5, 0.6) is 0 Å². The zero-order valence-corrected chi connectivity index (χ0v) is 6.37. The Hall–Kier alpha value is 1.78. The third-order valence-corrected chi connectivity index (χ3v) is 0. The van der Waals surface area contributed by atoms with Crippen LogP contribution < -0.4 is 0 Å². The van der Waals surface area contributed by atoms with Crippen LogP contribution in [0.4, 0.5) is 0 Å². The molecular weight excluding hydrogens is 156 g/mol. The van der Waals surface area contributed by atoms with Crippen molar-refractivity contribution in [3.8, 4) is 0 Å². The summed E-state index contributed by atoms with van der Waals surface area (Å²) < 4.78 is 0. The van der Waals surface area contributed by atoms with Gasteiger partial charge in [-0.3, -0.25) is 0 Å². The van der Waals surface area contributed by atoms with Gasteiger partial charge < -0.3 is 5.48 Å². The second-order valence-corrected chi connectivity index (χ2v) is 0. The Morgan fingerprint density at radius 3 is 1.00 bits per heavy atom. The summed E-state index contributed by atoms with van der Waals surface area (Å²) in [7, 11) is 0. The molecule has 0 aliphatic carbocycles. The summed E-state index contributed by atoms with van der Waals surface area (Å²) in [5, 5.41) is 0. The second-order valence-electron chi connectivity index (χ2n) is 0. The largest absolute Gasteiger partial charge is 0.870 e. The Bertz CT molecular complexity index is 8.00. The zero-order valence-electron chi connectivity index (χ0n) is 2.16. The molecule has 0 fully saturated rings. The van der Waals surface area contributed by atoms with Gasteiger partial charge in [0.05, 0.1) is 0 Å². The van der Waals surface area contributed by atoms with Gasteiger partial charge >= 0.3 is 23.1 Å². The molecule has 0 bridgehead atoms. The fraction of sp³-hybridized carbons (Fsp3) is 0. The molecule has 0 aromatic heterocycles. The van der Waals surface area contributed by atoms with Gasteiger partial charge in [0.25, 0.3) is 0 Å². The van der Waals surface area contributed by atoms with Crippen LogP contribution in [0, 0.1) is 0 Å². The third kappa shape index (κ3) is 9.22. The summed E-state index contributed by atoms with van der Waals surface area (Å²) in [6.07, 6.45) is 0. The summed E-state index contributed by atoms with van der Waals surface area (Å²) in [6.45, 7) is 0. The van der Waals surface area contributed by atoms with Crippen LogP contribution >= 0.6 is 0 Å². The molecule has 0 saturated carbocycles. The minimum Gasteiger partial charge on any atom is -0.870 e. The molecule has 1 N–H and O–H groups in total. The molecular formula is H2CrCuMgO. The van der Waals surface area contributed by atoms with E-state index in [1.807, 2.05) is 0 Å². The van der Waals surface area contributed by atoms with E-state index in [1.165, 1.54) is 0 Å². The molecule has 1 radical (unpaired) electrons. The van der Waals surface area contributed by atoms with E-state index in [2.05, 4.69) is 0 Å². The monoisotopic (exact) mass is 157 g/mol. The average molecular weight is 158 g/mol. The van der Waals surface area contributed by atoms with E-state index in [1.54, 1.807) is 0 Å². The van der Waals surface area contributed by atoms with Gasteiger partial charge in [-0.15, -0.1) is 0 Å². The van der Waals surface area contributed by atoms with Gasteiger partial charge in [-0.05, 0) is 0 Å². The first-order valence-corrected chi connectivity index (χ1v) is 0. The van der Waals surface area contributed by atoms with E-state index in [0.29, 0.717) is 0 Å². The van der Waals surface area contributed by atoms with E-state index in [-0.39, 0.29) is 63.0 Å². The molecule has 0 atom stereocenters. The summed E-state index contributed by atoms with van der Waals surface area (Å²) in [5.41, 5.74) is 0. The first-order valence-electron chi connectivity index (χ1n) is 0. The SMILES string of the molecule is [Cr].[Cu].[MgH+].[OH-]. The maximum absolute atomic E-state index is 0. The topological polar surface area (TPSA) is 30.0 Å². The van der Waals surface area contributed by atoms with Gasteiger partial charge in [-0.1, -0.05) is 0 Å². The normalized spacial score (nSPS) is 0. The molecule has 0 aliphatic rings. The van der Waals surface area contributed by atoms with Crippen LogP contribution in [0.15, 0.2) is 0 Å². The van der Waals surface area contributed by atoms with E-state index in [0.717, 1.165) is 0 Å². The first-order chi connectivity index (χ1) is 0. The van der Waals surface area contributed by atoms with Gasteiger partial charge in [-0.2, -0.15) is 0 Å². The Morgan fingerprint density at radius 2 is 1.00 bits per heavy atom. The van der Waals surface area contributed by atoms with Crippen LogP contribution in [-0.2, 0) is 34.4 Å². The van der Waals surface area contributed by atoms with Crippen LogP contribution in [0.25, 0.3) is 0 Å². The van der Waals surface area contributed by atoms with Crippen molar-refractivity contribution >= 4 is 23.1 Å². The average Bonchev–Trinajstić information content (AvgIpc) is 0. The van der Waals surface area contributed by atoms with Crippen molar-refractivity contribution in [3.63, 3.8) is 0 Å². The minimum atomic E-state index is 0. The molecule has 27 valence electrons. The molecule has 0 aromatic carbocycles. The van der Waals surface area contributed by atoms with Gasteiger partial charge in [0, 0.05) is 34.4 Å². The molecule has 0 spiro atoms. The summed E-state index contributed by atoms with van der Waals surface area (Å²) >= 11 is 0. The number of hydrogen-bond acceptors (Lipinski definition) is 1. The zero-order chi connectivity index (χ0) is 0. The third-order valence-electron chi connectivity index (χ3n) is 0. The second kappa shape index (κ2) is 21.6. The van der Waals surface area contributed by atoms with E-state index in [9.17, 15) is 0 Å².